The number of hydrogen-bond acceptors (Lipinski definition) is 4. The second kappa shape index (κ2) is 8.67. The summed E-state index contributed by atoms with van der Waals surface area (Å²) in [6.07, 6.45) is 4.01. The Morgan fingerprint density at radius 2 is 2.22 bits per heavy atom. The summed E-state index contributed by atoms with van der Waals surface area (Å²) < 4.78 is 5.41. The van der Waals surface area contributed by atoms with Crippen molar-refractivity contribution in [1.82, 2.24) is 15.5 Å². The summed E-state index contributed by atoms with van der Waals surface area (Å²) in [5.74, 6) is 2.70. The Balaban J connectivity index is 0.00000192. The molecule has 0 amide bonds. The van der Waals surface area contributed by atoms with E-state index in [0.717, 1.165) is 36.0 Å². The van der Waals surface area contributed by atoms with Crippen LogP contribution < -0.4 is 5.32 Å². The second-order valence-electron chi connectivity index (χ2n) is 6.16. The molecule has 2 aromatic rings. The first-order valence-electron chi connectivity index (χ1n) is 7.98. The third-order valence-corrected chi connectivity index (χ3v) is 4.82. The van der Waals surface area contributed by atoms with E-state index in [9.17, 15) is 0 Å². The van der Waals surface area contributed by atoms with Crippen molar-refractivity contribution >= 4 is 24.0 Å². The first kappa shape index (κ1) is 18.2. The van der Waals surface area contributed by atoms with Crippen molar-refractivity contribution in [2.45, 2.75) is 32.6 Å². The molecule has 126 valence electrons. The van der Waals surface area contributed by atoms with Gasteiger partial charge in [0, 0.05) is 17.9 Å². The average Bonchev–Trinajstić information content (AvgIpc) is 2.97. The molecule has 2 atom stereocenters. The van der Waals surface area contributed by atoms with Crippen LogP contribution in [-0.4, -0.2) is 23.2 Å². The maximum Gasteiger partial charge on any atom is 0.226 e. The molecule has 3 rings (SSSR count). The Labute approximate surface area is 148 Å². The van der Waals surface area contributed by atoms with E-state index in [4.69, 9.17) is 16.1 Å². The van der Waals surface area contributed by atoms with Crippen molar-refractivity contribution in [3.63, 3.8) is 0 Å². The summed E-state index contributed by atoms with van der Waals surface area (Å²) in [6, 6.07) is 7.78. The van der Waals surface area contributed by atoms with Gasteiger partial charge in [-0.2, -0.15) is 4.98 Å². The summed E-state index contributed by atoms with van der Waals surface area (Å²) >= 11 is 6.17. The predicted octanol–water partition coefficient (Wildman–Crippen LogP) is 3.91. The Morgan fingerprint density at radius 1 is 1.39 bits per heavy atom. The minimum atomic E-state index is 0. The Morgan fingerprint density at radius 3 is 2.96 bits per heavy atom. The van der Waals surface area contributed by atoms with Gasteiger partial charge in [0.1, 0.15) is 0 Å². The SMILES string of the molecule is CC(Cc1nc(Cc2ccccc2Cl)no1)C1CCCNC1.Cl. The molecule has 0 saturated carbocycles. The standard InChI is InChI=1S/C17H22ClN3O.ClH/c1-12(14-6-4-8-19-11-14)9-17-20-16(21-22-17)10-13-5-2-3-7-15(13)18;/h2-3,5,7,12,14,19H,4,6,8-11H2,1H3;1H. The quantitative estimate of drug-likeness (QED) is 0.882. The first-order chi connectivity index (χ1) is 10.7. The van der Waals surface area contributed by atoms with E-state index in [0.29, 0.717) is 24.1 Å². The molecule has 1 aliphatic heterocycles. The highest BCUT2D eigenvalue weighted by molar-refractivity contribution is 6.31. The Hall–Kier alpha value is -1.10. The zero-order valence-electron chi connectivity index (χ0n) is 13.3. The number of nitrogens with one attached hydrogen (secondary N) is 1. The molecule has 23 heavy (non-hydrogen) atoms. The van der Waals surface area contributed by atoms with Crippen LogP contribution in [0.2, 0.25) is 5.02 Å². The minimum Gasteiger partial charge on any atom is -0.339 e. The number of benzene rings is 1. The largest absolute Gasteiger partial charge is 0.339 e. The molecule has 0 radical (unpaired) electrons. The number of aromatic nitrogens is 2. The molecule has 1 saturated heterocycles. The minimum absolute atomic E-state index is 0. The molecule has 4 nitrogen and oxygen atoms in total. The zero-order valence-corrected chi connectivity index (χ0v) is 14.9. The van der Waals surface area contributed by atoms with E-state index in [2.05, 4.69) is 22.4 Å². The lowest BCUT2D eigenvalue weighted by atomic mass is 9.85. The van der Waals surface area contributed by atoms with E-state index in [-0.39, 0.29) is 12.4 Å². The van der Waals surface area contributed by atoms with Crippen LogP contribution in [-0.2, 0) is 12.8 Å². The molecule has 2 unspecified atom stereocenters. The summed E-state index contributed by atoms with van der Waals surface area (Å²) in [5, 5.41) is 8.30. The van der Waals surface area contributed by atoms with E-state index >= 15 is 0 Å². The van der Waals surface area contributed by atoms with Crippen molar-refractivity contribution < 1.29 is 4.52 Å². The van der Waals surface area contributed by atoms with Crippen LogP contribution >= 0.6 is 24.0 Å². The lowest BCUT2D eigenvalue weighted by Gasteiger charge is -2.27. The topological polar surface area (TPSA) is 51.0 Å². The predicted molar refractivity (Wildman–Crippen MR) is 94.3 cm³/mol. The van der Waals surface area contributed by atoms with Gasteiger partial charge in [-0.05, 0) is 49.4 Å². The molecule has 1 N–H and O–H groups in total. The van der Waals surface area contributed by atoms with Crippen molar-refractivity contribution in [3.05, 3.63) is 46.6 Å². The molecule has 0 aliphatic carbocycles. The smallest absolute Gasteiger partial charge is 0.226 e. The van der Waals surface area contributed by atoms with Crippen LogP contribution in [0.5, 0.6) is 0 Å². The maximum atomic E-state index is 6.17. The van der Waals surface area contributed by atoms with Crippen LogP contribution in [0, 0.1) is 11.8 Å². The zero-order chi connectivity index (χ0) is 15.4. The summed E-state index contributed by atoms with van der Waals surface area (Å²) in [6.45, 7) is 4.52. The summed E-state index contributed by atoms with van der Waals surface area (Å²) in [4.78, 5) is 4.52. The molecule has 1 fully saturated rings. The fourth-order valence-corrected chi connectivity index (χ4v) is 3.27. The summed E-state index contributed by atoms with van der Waals surface area (Å²) in [5.41, 5.74) is 1.03. The van der Waals surface area contributed by atoms with Crippen molar-refractivity contribution in [2.24, 2.45) is 11.8 Å². The van der Waals surface area contributed by atoms with Gasteiger partial charge in [-0.25, -0.2) is 0 Å². The molecule has 0 bridgehead atoms. The molecular weight excluding hydrogens is 333 g/mol. The normalized spacial score (nSPS) is 19.1. The van der Waals surface area contributed by atoms with Crippen LogP contribution in [0.3, 0.4) is 0 Å². The molecule has 6 heteroatoms. The highest BCUT2D eigenvalue weighted by Crippen LogP contribution is 2.23. The molecule has 1 aromatic carbocycles. The number of rotatable bonds is 5. The maximum absolute atomic E-state index is 6.17. The first-order valence-corrected chi connectivity index (χ1v) is 8.36. The van der Waals surface area contributed by atoms with E-state index in [1.807, 2.05) is 24.3 Å². The Kier molecular flexibility index (Phi) is 6.88. The van der Waals surface area contributed by atoms with Crippen LogP contribution in [0.25, 0.3) is 0 Å². The second-order valence-corrected chi connectivity index (χ2v) is 6.57. The highest BCUT2D eigenvalue weighted by atomic mass is 35.5. The average molecular weight is 356 g/mol. The number of halogens is 2. The van der Waals surface area contributed by atoms with E-state index < -0.39 is 0 Å². The van der Waals surface area contributed by atoms with Crippen LogP contribution in [0.4, 0.5) is 0 Å². The van der Waals surface area contributed by atoms with Crippen molar-refractivity contribution in [1.29, 1.82) is 0 Å². The van der Waals surface area contributed by atoms with Gasteiger partial charge in [0.25, 0.3) is 0 Å². The third-order valence-electron chi connectivity index (χ3n) is 4.45. The van der Waals surface area contributed by atoms with Gasteiger partial charge in [0.2, 0.25) is 5.89 Å². The Bertz CT molecular complexity index is 611. The third kappa shape index (κ3) is 4.93. The number of piperidine rings is 1. The summed E-state index contributed by atoms with van der Waals surface area (Å²) in [7, 11) is 0. The van der Waals surface area contributed by atoms with Gasteiger partial charge in [-0.1, -0.05) is 41.9 Å². The van der Waals surface area contributed by atoms with Crippen molar-refractivity contribution in [3.8, 4) is 0 Å². The van der Waals surface area contributed by atoms with Crippen LogP contribution in [0.15, 0.2) is 28.8 Å². The lowest BCUT2D eigenvalue weighted by molar-refractivity contribution is 0.256. The fraction of sp³-hybridized carbons (Fsp3) is 0.529. The molecule has 0 spiro atoms. The van der Waals surface area contributed by atoms with Gasteiger partial charge < -0.3 is 9.84 Å². The fourth-order valence-electron chi connectivity index (χ4n) is 3.06. The van der Waals surface area contributed by atoms with Crippen molar-refractivity contribution in [2.75, 3.05) is 13.1 Å². The number of hydrogen-bond donors (Lipinski definition) is 1. The molecule has 1 aromatic heterocycles. The molecule has 1 aliphatic rings. The van der Waals surface area contributed by atoms with E-state index in [1.165, 1.54) is 12.8 Å². The number of nitrogens with zero attached hydrogens (tertiary/aromatic N) is 2. The molecule has 2 heterocycles. The van der Waals surface area contributed by atoms with E-state index in [1.54, 1.807) is 0 Å². The monoisotopic (exact) mass is 355 g/mol. The van der Waals surface area contributed by atoms with Gasteiger partial charge in [0.05, 0.1) is 0 Å². The van der Waals surface area contributed by atoms with Gasteiger partial charge >= 0.3 is 0 Å². The van der Waals surface area contributed by atoms with Gasteiger partial charge in [-0.3, -0.25) is 0 Å². The van der Waals surface area contributed by atoms with Crippen LogP contribution in [0.1, 0.15) is 37.0 Å². The molecular formula is C17H23Cl2N3O. The van der Waals surface area contributed by atoms with Gasteiger partial charge in [-0.15, -0.1) is 12.4 Å². The lowest BCUT2D eigenvalue weighted by Crippen LogP contribution is -2.33. The van der Waals surface area contributed by atoms with Gasteiger partial charge in [0.15, 0.2) is 5.82 Å². The highest BCUT2D eigenvalue weighted by Gasteiger charge is 2.22.